The van der Waals surface area contributed by atoms with E-state index in [4.69, 9.17) is 5.11 Å². The summed E-state index contributed by atoms with van der Waals surface area (Å²) in [5.74, 6) is -1.23. The molecule has 0 bridgehead atoms. The number of rotatable bonds is 4. The summed E-state index contributed by atoms with van der Waals surface area (Å²) in [6, 6.07) is 4.49. The lowest BCUT2D eigenvalue weighted by Crippen LogP contribution is -2.08. The molecule has 8 heteroatoms. The zero-order chi connectivity index (χ0) is 13.1. The third-order valence-electron chi connectivity index (χ3n) is 2.24. The Morgan fingerprint density at radius 1 is 1.50 bits per heavy atom. The molecular formula is C10H8BrFN4O2. The first-order chi connectivity index (χ1) is 8.58. The summed E-state index contributed by atoms with van der Waals surface area (Å²) >= 11 is 3.15. The number of hydrogen-bond acceptors (Lipinski definition) is 4. The average Bonchev–Trinajstić information content (AvgIpc) is 2.74. The maximum atomic E-state index is 13.7. The van der Waals surface area contributed by atoms with Gasteiger partial charge in [0, 0.05) is 4.47 Å². The van der Waals surface area contributed by atoms with Gasteiger partial charge in [-0.1, -0.05) is 15.9 Å². The Hall–Kier alpha value is -1.83. The van der Waals surface area contributed by atoms with Crippen LogP contribution in [0.2, 0.25) is 0 Å². The monoisotopic (exact) mass is 314 g/mol. The molecular weight excluding hydrogens is 307 g/mol. The highest BCUT2D eigenvalue weighted by Crippen LogP contribution is 2.23. The van der Waals surface area contributed by atoms with E-state index < -0.39 is 11.8 Å². The van der Waals surface area contributed by atoms with Gasteiger partial charge in [-0.2, -0.15) is 0 Å². The smallest absolute Gasteiger partial charge is 0.305 e. The number of nitrogens with zero attached hydrogens (tertiary/aromatic N) is 4. The first kappa shape index (κ1) is 12.6. The molecule has 0 aliphatic carbocycles. The Morgan fingerprint density at radius 3 is 2.94 bits per heavy atom. The number of benzene rings is 1. The van der Waals surface area contributed by atoms with E-state index >= 15 is 0 Å². The number of tetrazole rings is 1. The minimum Gasteiger partial charge on any atom is -0.481 e. The summed E-state index contributed by atoms with van der Waals surface area (Å²) in [7, 11) is 0. The zero-order valence-corrected chi connectivity index (χ0v) is 10.6. The van der Waals surface area contributed by atoms with Crippen molar-refractivity contribution in [3.05, 3.63) is 28.5 Å². The van der Waals surface area contributed by atoms with E-state index in [1.165, 1.54) is 16.8 Å². The second-order valence-corrected chi connectivity index (χ2v) is 4.41. The fourth-order valence-electron chi connectivity index (χ4n) is 1.42. The number of halogens is 2. The molecule has 0 spiro atoms. The van der Waals surface area contributed by atoms with Gasteiger partial charge in [-0.15, -0.1) is 5.10 Å². The standard InChI is InChI=1S/C10H8BrFN4O2/c11-6-1-2-7(8(12)5-6)10-13-14-15-16(10)4-3-9(17)18/h1-2,5H,3-4H2,(H,17,18). The van der Waals surface area contributed by atoms with Crippen LogP contribution in [0.25, 0.3) is 11.4 Å². The van der Waals surface area contributed by atoms with Gasteiger partial charge in [-0.25, -0.2) is 9.07 Å². The highest BCUT2D eigenvalue weighted by molar-refractivity contribution is 9.10. The van der Waals surface area contributed by atoms with Crippen LogP contribution in [0.1, 0.15) is 6.42 Å². The van der Waals surface area contributed by atoms with E-state index in [-0.39, 0.29) is 24.4 Å². The van der Waals surface area contributed by atoms with Crippen LogP contribution in [-0.4, -0.2) is 31.3 Å². The van der Waals surface area contributed by atoms with Crippen LogP contribution in [0.5, 0.6) is 0 Å². The number of aryl methyl sites for hydroxylation is 1. The molecule has 1 aromatic carbocycles. The van der Waals surface area contributed by atoms with E-state index in [9.17, 15) is 9.18 Å². The molecule has 0 atom stereocenters. The molecule has 2 aromatic rings. The molecule has 1 N–H and O–H groups in total. The fraction of sp³-hybridized carbons (Fsp3) is 0.200. The Morgan fingerprint density at radius 2 is 2.28 bits per heavy atom. The number of carboxylic acids is 1. The Labute approximate surface area is 110 Å². The van der Waals surface area contributed by atoms with E-state index in [1.807, 2.05) is 0 Å². The molecule has 0 aliphatic rings. The van der Waals surface area contributed by atoms with Gasteiger partial charge < -0.3 is 5.11 Å². The largest absolute Gasteiger partial charge is 0.481 e. The van der Waals surface area contributed by atoms with Crippen molar-refractivity contribution in [3.63, 3.8) is 0 Å². The first-order valence-electron chi connectivity index (χ1n) is 5.01. The van der Waals surface area contributed by atoms with Crippen LogP contribution in [0.3, 0.4) is 0 Å². The molecule has 18 heavy (non-hydrogen) atoms. The van der Waals surface area contributed by atoms with E-state index in [0.717, 1.165) is 0 Å². The first-order valence-corrected chi connectivity index (χ1v) is 5.80. The predicted octanol–water partition coefficient (Wildman–Crippen LogP) is 1.72. The van der Waals surface area contributed by atoms with Crippen LogP contribution >= 0.6 is 15.9 Å². The molecule has 0 radical (unpaired) electrons. The third kappa shape index (κ3) is 2.70. The Balaban J connectivity index is 2.33. The lowest BCUT2D eigenvalue weighted by atomic mass is 10.2. The molecule has 0 fully saturated rings. The highest BCUT2D eigenvalue weighted by Gasteiger charge is 2.14. The summed E-state index contributed by atoms with van der Waals surface area (Å²) in [5, 5.41) is 19.4. The van der Waals surface area contributed by atoms with Crippen molar-refractivity contribution in [2.45, 2.75) is 13.0 Å². The van der Waals surface area contributed by atoms with Gasteiger partial charge >= 0.3 is 5.97 Å². The summed E-state index contributed by atoms with van der Waals surface area (Å²) in [6.45, 7) is 0.0904. The normalized spacial score (nSPS) is 10.6. The van der Waals surface area contributed by atoms with Crippen molar-refractivity contribution >= 4 is 21.9 Å². The third-order valence-corrected chi connectivity index (χ3v) is 2.73. The maximum absolute atomic E-state index is 13.7. The van der Waals surface area contributed by atoms with Gasteiger partial charge in [0.15, 0.2) is 5.82 Å². The summed E-state index contributed by atoms with van der Waals surface area (Å²) in [5.41, 5.74) is 0.230. The van der Waals surface area contributed by atoms with Gasteiger partial charge in [0.05, 0.1) is 18.5 Å². The summed E-state index contributed by atoms with van der Waals surface area (Å²) < 4.78 is 15.6. The number of carboxylic acid groups (broad SMARTS) is 1. The summed E-state index contributed by atoms with van der Waals surface area (Å²) in [4.78, 5) is 10.5. The van der Waals surface area contributed by atoms with Gasteiger partial charge in [0.25, 0.3) is 0 Å². The van der Waals surface area contributed by atoms with Crippen LogP contribution in [0.4, 0.5) is 4.39 Å². The quantitative estimate of drug-likeness (QED) is 0.929. The van der Waals surface area contributed by atoms with Gasteiger partial charge in [-0.3, -0.25) is 4.79 Å². The molecule has 0 amide bonds. The molecule has 0 saturated carbocycles. The molecule has 6 nitrogen and oxygen atoms in total. The summed E-state index contributed by atoms with van der Waals surface area (Å²) in [6.07, 6.45) is -0.129. The molecule has 1 aromatic heterocycles. The number of aromatic nitrogens is 4. The highest BCUT2D eigenvalue weighted by atomic mass is 79.9. The van der Waals surface area contributed by atoms with Crippen LogP contribution in [0.15, 0.2) is 22.7 Å². The number of hydrogen-bond donors (Lipinski definition) is 1. The molecule has 1 heterocycles. The number of aliphatic carboxylic acids is 1. The van der Waals surface area contributed by atoms with Crippen LogP contribution in [0, 0.1) is 5.82 Å². The SMILES string of the molecule is O=C(O)CCn1nnnc1-c1ccc(Br)cc1F. The van der Waals surface area contributed by atoms with E-state index in [1.54, 1.807) is 6.07 Å². The van der Waals surface area contributed by atoms with Crippen molar-refractivity contribution in [2.24, 2.45) is 0 Å². The van der Waals surface area contributed by atoms with Crippen molar-refractivity contribution in [1.29, 1.82) is 0 Å². The predicted molar refractivity (Wildman–Crippen MR) is 63.2 cm³/mol. The second kappa shape index (κ2) is 5.21. The van der Waals surface area contributed by atoms with Crippen molar-refractivity contribution in [2.75, 3.05) is 0 Å². The van der Waals surface area contributed by atoms with Gasteiger partial charge in [0.1, 0.15) is 5.82 Å². The van der Waals surface area contributed by atoms with Gasteiger partial charge in [0.2, 0.25) is 0 Å². The van der Waals surface area contributed by atoms with E-state index in [0.29, 0.717) is 4.47 Å². The number of carbonyl (C=O) groups is 1. The molecule has 2 rings (SSSR count). The van der Waals surface area contributed by atoms with Crippen molar-refractivity contribution in [1.82, 2.24) is 20.2 Å². The zero-order valence-electron chi connectivity index (χ0n) is 9.05. The lowest BCUT2D eigenvalue weighted by Gasteiger charge is -2.04. The van der Waals surface area contributed by atoms with Crippen molar-refractivity contribution in [3.8, 4) is 11.4 Å². The van der Waals surface area contributed by atoms with Crippen molar-refractivity contribution < 1.29 is 14.3 Å². The fourth-order valence-corrected chi connectivity index (χ4v) is 1.75. The van der Waals surface area contributed by atoms with E-state index in [2.05, 4.69) is 31.5 Å². The maximum Gasteiger partial charge on any atom is 0.305 e. The minimum atomic E-state index is -0.965. The van der Waals surface area contributed by atoms with Crippen LogP contribution < -0.4 is 0 Å². The molecule has 94 valence electrons. The van der Waals surface area contributed by atoms with Crippen LogP contribution in [-0.2, 0) is 11.3 Å². The second-order valence-electron chi connectivity index (χ2n) is 3.49. The molecule has 0 unspecified atom stereocenters. The minimum absolute atomic E-state index is 0.0904. The topological polar surface area (TPSA) is 80.9 Å². The Bertz CT molecular complexity index is 587. The molecule has 0 aliphatic heterocycles. The van der Waals surface area contributed by atoms with Gasteiger partial charge in [-0.05, 0) is 28.6 Å². The lowest BCUT2D eigenvalue weighted by molar-refractivity contribution is -0.137. The molecule has 0 saturated heterocycles. The average molecular weight is 315 g/mol. The Kier molecular flexibility index (Phi) is 3.66.